The smallest absolute Gasteiger partial charge is 0.103 e. The molecule has 0 amide bonds. The molecular weight excluding hydrogens is 759 g/mol. The van der Waals surface area contributed by atoms with Gasteiger partial charge in [0.15, 0.2) is 0 Å². The average molecular weight is 798 g/mol. The van der Waals surface area contributed by atoms with E-state index in [1.54, 1.807) is 0 Å². The minimum absolute atomic E-state index is 0.202. The minimum Gasteiger partial charge on any atom is -0.368 e. The molecule has 0 saturated heterocycles. The molecule has 1 aliphatic heterocycles. The zero-order chi connectivity index (χ0) is 40.0. The van der Waals surface area contributed by atoms with Crippen molar-refractivity contribution in [2.45, 2.75) is 23.1 Å². The van der Waals surface area contributed by atoms with Gasteiger partial charge in [-0.05, 0) is 130 Å². The number of anilines is 1. The zero-order valence-electron chi connectivity index (χ0n) is 33.3. The van der Waals surface area contributed by atoms with Crippen LogP contribution in [0.1, 0.15) is 23.8 Å². The highest BCUT2D eigenvalue weighted by Crippen LogP contribution is 2.51. The number of allylic oxidation sites excluding steroid dienone is 4. The van der Waals surface area contributed by atoms with Crippen molar-refractivity contribution in [3.8, 4) is 27.9 Å². The fraction of sp³-hybridized carbons (Fsp3) is 0.0526. The van der Waals surface area contributed by atoms with Gasteiger partial charge in [0.2, 0.25) is 0 Å². The first-order valence-electron chi connectivity index (χ1n) is 21.3. The third-order valence-corrected chi connectivity index (χ3v) is 14.2. The van der Waals surface area contributed by atoms with Crippen molar-refractivity contribution in [1.82, 2.24) is 9.13 Å². The molecule has 4 heteroatoms. The van der Waals surface area contributed by atoms with Crippen LogP contribution in [0.2, 0.25) is 0 Å². The molecule has 0 bridgehead atoms. The minimum atomic E-state index is 0.202. The largest absolute Gasteiger partial charge is 0.368 e. The van der Waals surface area contributed by atoms with Gasteiger partial charge in [-0.3, -0.25) is 0 Å². The molecule has 11 aromatic rings. The number of hydrogen-bond acceptors (Lipinski definition) is 2. The van der Waals surface area contributed by atoms with Crippen LogP contribution in [0.4, 0.5) is 5.69 Å². The lowest BCUT2D eigenvalue weighted by Crippen LogP contribution is -2.01. The van der Waals surface area contributed by atoms with Crippen LogP contribution in [0, 0.1) is 0 Å². The van der Waals surface area contributed by atoms with Crippen molar-refractivity contribution in [1.29, 1.82) is 0 Å². The van der Waals surface area contributed by atoms with E-state index >= 15 is 0 Å². The summed E-state index contributed by atoms with van der Waals surface area (Å²) in [6.45, 7) is 0. The van der Waals surface area contributed by atoms with E-state index < -0.39 is 0 Å². The van der Waals surface area contributed by atoms with Gasteiger partial charge in [0.25, 0.3) is 0 Å². The van der Waals surface area contributed by atoms with Gasteiger partial charge in [-0.15, -0.1) is 0 Å². The van der Waals surface area contributed by atoms with Gasteiger partial charge in [0.1, 0.15) is 5.37 Å². The summed E-state index contributed by atoms with van der Waals surface area (Å²) in [5.41, 5.74) is 14.7. The molecule has 3 heterocycles. The Morgan fingerprint density at radius 2 is 1.05 bits per heavy atom. The SMILES string of the molecule is C1=CC(n2c3ccccc3c3cc(-c4ccc5c(c4)c4cc(-c6ccc7c(ccc8ccc9c(c87)NC(c7ccccc7)S9)c6)ccc4n5-c4ccccc4)ccc32)=CCC1. The molecule has 0 fully saturated rings. The Kier molecular flexibility index (Phi) is 7.73. The number of fused-ring (bicyclic) bond motifs is 11. The average Bonchev–Trinajstić information content (AvgIpc) is 4.02. The standard InChI is InChI=1S/C57H39N3S/c1-4-12-37(13-5-1)57-58-56-54(61-57)31-26-36-20-21-42-32-38(22-27-45(42)55(36)56)39-23-29-52-48(34-39)49-35-41(25-30-53(49)60(52)44-16-8-3-9-17-44)40-24-28-51-47(33-40)46-18-10-11-19-50(46)59(51)43-14-6-2-7-15-43/h1,3-6,8-35,57-58H,2,7H2. The molecule has 1 atom stereocenters. The summed E-state index contributed by atoms with van der Waals surface area (Å²) in [6.07, 6.45) is 9.11. The van der Waals surface area contributed by atoms with Crippen LogP contribution in [0.15, 0.2) is 205 Å². The van der Waals surface area contributed by atoms with E-state index in [2.05, 4.69) is 215 Å². The molecule has 3 nitrogen and oxygen atoms in total. The van der Waals surface area contributed by atoms with Gasteiger partial charge >= 0.3 is 0 Å². The summed E-state index contributed by atoms with van der Waals surface area (Å²) >= 11 is 1.90. The highest BCUT2D eigenvalue weighted by Gasteiger charge is 2.25. The summed E-state index contributed by atoms with van der Waals surface area (Å²) in [4.78, 5) is 1.30. The fourth-order valence-corrected chi connectivity index (χ4v) is 11.2. The van der Waals surface area contributed by atoms with Crippen LogP contribution < -0.4 is 5.32 Å². The maximum absolute atomic E-state index is 3.89. The first kappa shape index (κ1) is 34.6. The van der Waals surface area contributed by atoms with Gasteiger partial charge in [-0.1, -0.05) is 139 Å². The van der Waals surface area contributed by atoms with E-state index in [0.717, 1.165) is 18.5 Å². The van der Waals surface area contributed by atoms with Crippen molar-refractivity contribution in [2.75, 3.05) is 5.32 Å². The predicted molar refractivity (Wildman–Crippen MR) is 261 cm³/mol. The number of nitrogens with one attached hydrogen (secondary N) is 1. The molecule has 1 unspecified atom stereocenters. The van der Waals surface area contributed by atoms with Crippen molar-refractivity contribution < 1.29 is 0 Å². The zero-order valence-corrected chi connectivity index (χ0v) is 34.2. The number of hydrogen-bond donors (Lipinski definition) is 1. The lowest BCUT2D eigenvalue weighted by atomic mass is 9.95. The van der Waals surface area contributed by atoms with Crippen LogP contribution in [0.25, 0.3) is 98.8 Å². The molecule has 0 spiro atoms. The number of benzene rings is 9. The monoisotopic (exact) mass is 797 g/mol. The first-order chi connectivity index (χ1) is 30.2. The summed E-state index contributed by atoms with van der Waals surface area (Å²) in [5, 5.41) is 14.2. The van der Waals surface area contributed by atoms with Crippen molar-refractivity contribution in [3.63, 3.8) is 0 Å². The Hall–Kier alpha value is -7.27. The molecule has 61 heavy (non-hydrogen) atoms. The van der Waals surface area contributed by atoms with Crippen LogP contribution in [-0.4, -0.2) is 9.13 Å². The second-order valence-corrected chi connectivity index (χ2v) is 17.6. The first-order valence-corrected chi connectivity index (χ1v) is 22.1. The highest BCUT2D eigenvalue weighted by molar-refractivity contribution is 8.00. The summed E-state index contributed by atoms with van der Waals surface area (Å²) in [5.74, 6) is 0. The van der Waals surface area contributed by atoms with E-state index in [9.17, 15) is 0 Å². The Labute approximate surface area is 357 Å². The Morgan fingerprint density at radius 1 is 0.459 bits per heavy atom. The normalized spacial score (nSPS) is 15.0. The molecule has 9 aromatic carbocycles. The highest BCUT2D eigenvalue weighted by atomic mass is 32.2. The van der Waals surface area contributed by atoms with Crippen molar-refractivity contribution >= 4 is 88.3 Å². The second kappa shape index (κ2) is 13.6. The van der Waals surface area contributed by atoms with Crippen LogP contribution >= 0.6 is 11.8 Å². The molecule has 288 valence electrons. The number of rotatable bonds is 5. The Balaban J connectivity index is 0.949. The second-order valence-electron chi connectivity index (χ2n) is 16.4. The molecule has 0 radical (unpaired) electrons. The van der Waals surface area contributed by atoms with Gasteiger partial charge in [0.05, 0.1) is 27.8 Å². The molecule has 13 rings (SSSR count). The van der Waals surface area contributed by atoms with Crippen molar-refractivity contribution in [2.24, 2.45) is 0 Å². The summed E-state index contributed by atoms with van der Waals surface area (Å²) in [6, 6.07) is 67.6. The third-order valence-electron chi connectivity index (χ3n) is 12.9. The molecule has 0 saturated carbocycles. The Bertz CT molecular complexity index is 3650. The Morgan fingerprint density at radius 3 is 1.77 bits per heavy atom. The third kappa shape index (κ3) is 5.45. The lowest BCUT2D eigenvalue weighted by molar-refractivity contribution is 1.02. The van der Waals surface area contributed by atoms with Crippen LogP contribution in [-0.2, 0) is 0 Å². The van der Waals surface area contributed by atoms with E-state index in [0.29, 0.717) is 0 Å². The molecule has 2 aliphatic rings. The van der Waals surface area contributed by atoms with Gasteiger partial charge in [-0.25, -0.2) is 0 Å². The van der Waals surface area contributed by atoms with Gasteiger partial charge in [0, 0.05) is 43.2 Å². The number of thioether (sulfide) groups is 1. The molecule has 1 N–H and O–H groups in total. The fourth-order valence-electron chi connectivity index (χ4n) is 10.1. The van der Waals surface area contributed by atoms with Gasteiger partial charge < -0.3 is 14.5 Å². The maximum Gasteiger partial charge on any atom is 0.103 e. The van der Waals surface area contributed by atoms with Gasteiger partial charge in [-0.2, -0.15) is 0 Å². The van der Waals surface area contributed by atoms with Crippen molar-refractivity contribution in [3.05, 3.63) is 206 Å². The topological polar surface area (TPSA) is 21.9 Å². The molecule has 1 aliphatic carbocycles. The number of aromatic nitrogens is 2. The van der Waals surface area contributed by atoms with Crippen LogP contribution in [0.5, 0.6) is 0 Å². The van der Waals surface area contributed by atoms with E-state index in [1.165, 1.54) is 109 Å². The molecular formula is C57H39N3S. The maximum atomic E-state index is 3.89. The van der Waals surface area contributed by atoms with E-state index in [4.69, 9.17) is 0 Å². The molecule has 2 aromatic heterocycles. The van der Waals surface area contributed by atoms with Crippen LogP contribution in [0.3, 0.4) is 0 Å². The lowest BCUT2D eigenvalue weighted by Gasteiger charge is -2.13. The summed E-state index contributed by atoms with van der Waals surface area (Å²) < 4.78 is 4.85. The number of nitrogens with zero attached hydrogens (tertiary/aromatic N) is 2. The quantitative estimate of drug-likeness (QED) is 0.175. The van der Waals surface area contributed by atoms with E-state index in [1.807, 2.05) is 11.8 Å². The summed E-state index contributed by atoms with van der Waals surface area (Å²) in [7, 11) is 0. The number of para-hydroxylation sites is 2. The predicted octanol–water partition coefficient (Wildman–Crippen LogP) is 15.9. The van der Waals surface area contributed by atoms with E-state index in [-0.39, 0.29) is 5.37 Å².